The number of likely N-dealkylation sites (tertiary alicyclic amines) is 1. The smallest absolute Gasteiger partial charge is 0.321 e. The van der Waals surface area contributed by atoms with E-state index < -0.39 is 12.1 Å². The number of hydrogen-bond donors (Lipinski definition) is 3. The molecule has 2 aromatic rings. The highest BCUT2D eigenvalue weighted by atomic mass is 16.5. The minimum absolute atomic E-state index is 0.127. The van der Waals surface area contributed by atoms with Gasteiger partial charge in [-0.2, -0.15) is 0 Å². The molecule has 0 spiro atoms. The van der Waals surface area contributed by atoms with Gasteiger partial charge in [-0.15, -0.1) is 0 Å². The van der Waals surface area contributed by atoms with Crippen LogP contribution in [0.2, 0.25) is 0 Å². The molecular weight excluding hydrogens is 394 g/mol. The van der Waals surface area contributed by atoms with Gasteiger partial charge in [0.1, 0.15) is 6.04 Å². The van der Waals surface area contributed by atoms with E-state index in [9.17, 15) is 9.59 Å². The lowest BCUT2D eigenvalue weighted by molar-refractivity contribution is -0.940. The van der Waals surface area contributed by atoms with Crippen molar-refractivity contribution in [1.29, 1.82) is 0 Å². The number of benzene rings is 2. The van der Waals surface area contributed by atoms with Gasteiger partial charge in [-0.1, -0.05) is 30.3 Å². The number of hydrogen-bond acceptors (Lipinski definition) is 4. The molecule has 2 heterocycles. The second kappa shape index (κ2) is 9.83. The van der Waals surface area contributed by atoms with Crippen molar-refractivity contribution in [3.05, 3.63) is 59.7 Å². The van der Waals surface area contributed by atoms with Crippen LogP contribution in [0.15, 0.2) is 48.5 Å². The first-order valence-electron chi connectivity index (χ1n) is 11.1. The van der Waals surface area contributed by atoms with Gasteiger partial charge in [0.15, 0.2) is 17.5 Å². The lowest BCUT2D eigenvalue weighted by Gasteiger charge is -2.30. The number of urea groups is 1. The van der Waals surface area contributed by atoms with Gasteiger partial charge in [-0.25, -0.2) is 4.79 Å². The van der Waals surface area contributed by atoms with Gasteiger partial charge >= 0.3 is 6.03 Å². The molecule has 3 N–H and O–H groups in total. The lowest BCUT2D eigenvalue weighted by atomic mass is 9.99. The van der Waals surface area contributed by atoms with Gasteiger partial charge in [0.25, 0.3) is 5.91 Å². The molecule has 0 radical (unpaired) electrons. The first-order chi connectivity index (χ1) is 15.2. The van der Waals surface area contributed by atoms with Gasteiger partial charge in [-0.3, -0.25) is 10.1 Å². The topological polar surface area (TPSA) is 81.1 Å². The van der Waals surface area contributed by atoms with E-state index >= 15 is 0 Å². The molecule has 4 rings (SSSR count). The first kappa shape index (κ1) is 21.2. The van der Waals surface area contributed by atoms with Crippen molar-refractivity contribution < 1.29 is 24.0 Å². The fourth-order valence-electron chi connectivity index (χ4n) is 4.56. The van der Waals surface area contributed by atoms with E-state index in [2.05, 4.69) is 22.8 Å². The number of imide groups is 1. The second-order valence-corrected chi connectivity index (χ2v) is 7.97. The van der Waals surface area contributed by atoms with Crippen molar-refractivity contribution in [1.82, 2.24) is 10.6 Å². The summed E-state index contributed by atoms with van der Waals surface area (Å²) >= 11 is 0. The van der Waals surface area contributed by atoms with E-state index in [1.165, 1.54) is 0 Å². The third kappa shape index (κ3) is 4.82. The Balaban J connectivity index is 1.63. The lowest BCUT2D eigenvalue weighted by Crippen LogP contribution is -3.11. The predicted octanol–water partition coefficient (Wildman–Crippen LogP) is 2.15. The largest absolute Gasteiger partial charge is 0.490 e. The number of fused-ring (bicyclic) bond motifs is 1. The monoisotopic (exact) mass is 424 g/mol. The highest BCUT2D eigenvalue weighted by Crippen LogP contribution is 2.34. The fourth-order valence-corrected chi connectivity index (χ4v) is 4.56. The maximum absolute atomic E-state index is 13.2. The maximum Gasteiger partial charge on any atom is 0.321 e. The molecular formula is C24H30N3O4+. The Kier molecular flexibility index (Phi) is 6.72. The molecule has 3 atom stereocenters. The second-order valence-electron chi connectivity index (χ2n) is 7.97. The summed E-state index contributed by atoms with van der Waals surface area (Å²) in [4.78, 5) is 26.4. The summed E-state index contributed by atoms with van der Waals surface area (Å²) in [6.45, 7) is 4.43. The average Bonchev–Trinajstić information content (AvgIpc) is 3.12. The summed E-state index contributed by atoms with van der Waals surface area (Å²) in [6, 6.07) is 15.0. The summed E-state index contributed by atoms with van der Waals surface area (Å²) in [7, 11) is 0. The molecule has 2 aliphatic heterocycles. The van der Waals surface area contributed by atoms with E-state index in [4.69, 9.17) is 9.47 Å². The molecule has 0 aliphatic carbocycles. The Labute approximate surface area is 182 Å². The Bertz CT molecular complexity index is 918. The molecule has 0 bridgehead atoms. The number of carbonyl (C=O) groups excluding carboxylic acids is 2. The number of amides is 3. The third-order valence-electron chi connectivity index (χ3n) is 5.92. The summed E-state index contributed by atoms with van der Waals surface area (Å²) < 4.78 is 11.7. The standard InChI is InChI=1S/C24H29N3O4/c1-2-25-24(29)26-23(28)22(17-8-4-3-5-9-17)27-13-6-10-19(27)18-11-12-20-21(16-18)31-15-7-14-30-20/h3-5,8-9,11-12,16,19,22H,2,6-7,10,13-15H2,1H3,(H2,25,26,28,29)/p+1/t19-,22+/m1/s1. The van der Waals surface area contributed by atoms with Gasteiger partial charge in [0.05, 0.1) is 19.8 Å². The zero-order valence-electron chi connectivity index (χ0n) is 17.9. The molecule has 7 heteroatoms. The van der Waals surface area contributed by atoms with E-state index in [0.29, 0.717) is 19.8 Å². The molecule has 3 amide bonds. The minimum atomic E-state index is -0.479. The van der Waals surface area contributed by atoms with Gasteiger partial charge < -0.3 is 19.7 Å². The SMILES string of the molecule is CCNC(=O)NC(=O)[C@H](c1ccccc1)[NH+]1CCC[C@@H]1c1ccc2c(c1)OCCCO2. The van der Waals surface area contributed by atoms with Crippen molar-refractivity contribution in [2.75, 3.05) is 26.3 Å². The van der Waals surface area contributed by atoms with Gasteiger partial charge in [0.2, 0.25) is 0 Å². The van der Waals surface area contributed by atoms with Crippen LogP contribution < -0.4 is 25.0 Å². The molecule has 31 heavy (non-hydrogen) atoms. The predicted molar refractivity (Wildman–Crippen MR) is 116 cm³/mol. The molecule has 2 aliphatic rings. The van der Waals surface area contributed by atoms with Crippen LogP contribution in [0.25, 0.3) is 0 Å². The molecule has 164 valence electrons. The Morgan fingerprint density at radius 3 is 2.61 bits per heavy atom. The molecule has 1 fully saturated rings. The summed E-state index contributed by atoms with van der Waals surface area (Å²) in [5.74, 6) is 1.26. The fraction of sp³-hybridized carbons (Fsp3) is 0.417. The Hall–Kier alpha value is -3.06. The maximum atomic E-state index is 13.2. The quantitative estimate of drug-likeness (QED) is 0.687. The van der Waals surface area contributed by atoms with Gasteiger partial charge in [-0.05, 0) is 25.1 Å². The number of rotatable bonds is 5. The van der Waals surface area contributed by atoms with Crippen LogP contribution in [0, 0.1) is 0 Å². The zero-order valence-corrected chi connectivity index (χ0v) is 17.9. The normalized spacial score (nSPS) is 21.1. The van der Waals surface area contributed by atoms with Crippen molar-refractivity contribution in [2.24, 2.45) is 0 Å². The van der Waals surface area contributed by atoms with Crippen molar-refractivity contribution in [3.8, 4) is 11.5 Å². The van der Waals surface area contributed by atoms with Crippen LogP contribution in [-0.4, -0.2) is 38.2 Å². The van der Waals surface area contributed by atoms with E-state index in [1.54, 1.807) is 0 Å². The number of nitrogens with one attached hydrogen (secondary N) is 3. The van der Waals surface area contributed by atoms with E-state index in [-0.39, 0.29) is 11.9 Å². The number of ether oxygens (including phenoxy) is 2. The van der Waals surface area contributed by atoms with Crippen molar-refractivity contribution >= 4 is 11.9 Å². The molecule has 1 saturated heterocycles. The van der Waals surface area contributed by atoms with Gasteiger partial charge in [0, 0.05) is 36.9 Å². The van der Waals surface area contributed by atoms with Crippen LogP contribution in [0.3, 0.4) is 0 Å². The van der Waals surface area contributed by atoms with Crippen LogP contribution in [0.5, 0.6) is 11.5 Å². The average molecular weight is 425 g/mol. The van der Waals surface area contributed by atoms with E-state index in [1.807, 2.05) is 43.3 Å². The van der Waals surface area contributed by atoms with Crippen LogP contribution in [-0.2, 0) is 4.79 Å². The van der Waals surface area contributed by atoms with Crippen LogP contribution >= 0.6 is 0 Å². The summed E-state index contributed by atoms with van der Waals surface area (Å²) in [6.07, 6.45) is 2.83. The van der Waals surface area contributed by atoms with Crippen LogP contribution in [0.1, 0.15) is 49.4 Å². The minimum Gasteiger partial charge on any atom is -0.490 e. The molecule has 1 unspecified atom stereocenters. The Morgan fingerprint density at radius 1 is 1.06 bits per heavy atom. The first-order valence-corrected chi connectivity index (χ1v) is 11.1. The molecule has 0 saturated carbocycles. The van der Waals surface area contributed by atoms with Crippen LogP contribution in [0.4, 0.5) is 4.79 Å². The highest BCUT2D eigenvalue weighted by molar-refractivity contribution is 5.96. The molecule has 0 aromatic heterocycles. The third-order valence-corrected chi connectivity index (χ3v) is 5.92. The van der Waals surface area contributed by atoms with Crippen molar-refractivity contribution in [2.45, 2.75) is 38.3 Å². The molecule has 2 aromatic carbocycles. The Morgan fingerprint density at radius 2 is 1.84 bits per heavy atom. The summed E-state index contributed by atoms with van der Waals surface area (Å²) in [5, 5.41) is 5.18. The summed E-state index contributed by atoms with van der Waals surface area (Å²) in [5.41, 5.74) is 2.03. The molecule has 7 nitrogen and oxygen atoms in total. The number of quaternary nitrogens is 1. The number of carbonyl (C=O) groups is 2. The highest BCUT2D eigenvalue weighted by Gasteiger charge is 2.41. The zero-order chi connectivity index (χ0) is 21.6. The van der Waals surface area contributed by atoms with Crippen molar-refractivity contribution in [3.63, 3.8) is 0 Å². The van der Waals surface area contributed by atoms with E-state index in [0.717, 1.165) is 53.3 Å².